The topological polar surface area (TPSA) is 72.7 Å². The van der Waals surface area contributed by atoms with Crippen LogP contribution < -0.4 is 5.32 Å². The van der Waals surface area contributed by atoms with E-state index in [2.05, 4.69) is 20.5 Å². The molecule has 0 unspecified atom stereocenters. The summed E-state index contributed by atoms with van der Waals surface area (Å²) in [5, 5.41) is 10.3. The van der Waals surface area contributed by atoms with Crippen molar-refractivity contribution in [3.63, 3.8) is 0 Å². The van der Waals surface area contributed by atoms with Crippen molar-refractivity contribution in [1.29, 1.82) is 0 Å². The van der Waals surface area contributed by atoms with Crippen LogP contribution in [0.2, 0.25) is 0 Å². The van der Waals surface area contributed by atoms with Gasteiger partial charge in [-0.15, -0.1) is 10.2 Å². The van der Waals surface area contributed by atoms with Crippen LogP contribution in [-0.4, -0.2) is 25.7 Å². The maximum atomic E-state index is 13.7. The van der Waals surface area contributed by atoms with Crippen molar-refractivity contribution in [3.8, 4) is 0 Å². The maximum absolute atomic E-state index is 13.7. The highest BCUT2D eigenvalue weighted by atomic mass is 32.2. The van der Waals surface area contributed by atoms with Crippen molar-refractivity contribution < 1.29 is 22.4 Å². The van der Waals surface area contributed by atoms with Gasteiger partial charge in [0.2, 0.25) is 16.9 Å². The van der Waals surface area contributed by atoms with E-state index in [1.807, 2.05) is 0 Å². The minimum atomic E-state index is -4.71. The molecule has 0 bridgehead atoms. The Balaban J connectivity index is 1.45. The van der Waals surface area contributed by atoms with Crippen LogP contribution >= 0.6 is 23.1 Å². The van der Waals surface area contributed by atoms with E-state index in [0.717, 1.165) is 15.9 Å². The number of carbonyl (C=O) groups is 1. The lowest BCUT2D eigenvalue weighted by molar-refractivity contribution is -0.147. The first-order valence-corrected chi connectivity index (χ1v) is 10.6. The third-order valence-electron chi connectivity index (χ3n) is 4.17. The highest BCUT2D eigenvalue weighted by molar-refractivity contribution is 8.00. The van der Waals surface area contributed by atoms with E-state index in [-0.39, 0.29) is 22.0 Å². The number of imidazole rings is 1. The van der Waals surface area contributed by atoms with E-state index in [9.17, 15) is 22.4 Å². The quantitative estimate of drug-likeness (QED) is 0.246. The zero-order chi connectivity index (χ0) is 22.0. The first-order chi connectivity index (χ1) is 14.8. The Morgan fingerprint density at radius 3 is 2.61 bits per heavy atom. The van der Waals surface area contributed by atoms with Crippen molar-refractivity contribution >= 4 is 45.2 Å². The van der Waals surface area contributed by atoms with Gasteiger partial charge in [-0.1, -0.05) is 53.4 Å². The number of para-hydroxylation sites is 2. The molecular formula is C19H13F4N5OS2. The molecule has 31 heavy (non-hydrogen) atoms. The molecule has 0 fully saturated rings. The molecule has 4 aromatic rings. The summed E-state index contributed by atoms with van der Waals surface area (Å²) in [6.45, 7) is -0.591. The lowest BCUT2D eigenvalue weighted by Gasteiger charge is -2.10. The second-order valence-electron chi connectivity index (χ2n) is 6.31. The molecule has 2 heterocycles. The Morgan fingerprint density at radius 2 is 1.84 bits per heavy atom. The number of amides is 1. The summed E-state index contributed by atoms with van der Waals surface area (Å²) in [7, 11) is 0. The van der Waals surface area contributed by atoms with Gasteiger partial charge >= 0.3 is 6.18 Å². The number of nitrogens with one attached hydrogen (secondary N) is 1. The van der Waals surface area contributed by atoms with Crippen molar-refractivity contribution in [3.05, 3.63) is 65.7 Å². The van der Waals surface area contributed by atoms with Crippen LogP contribution in [0.1, 0.15) is 11.4 Å². The molecule has 0 atom stereocenters. The number of nitrogens with zero attached hydrogens (tertiary/aromatic N) is 4. The molecule has 12 heteroatoms. The van der Waals surface area contributed by atoms with Crippen LogP contribution in [0.4, 0.5) is 22.7 Å². The van der Waals surface area contributed by atoms with Gasteiger partial charge in [-0.2, -0.15) is 13.2 Å². The molecule has 4 rings (SSSR count). The monoisotopic (exact) mass is 467 g/mol. The Hall–Kier alpha value is -2.99. The molecule has 0 aliphatic heterocycles. The summed E-state index contributed by atoms with van der Waals surface area (Å²) in [5.41, 5.74) is 0.841. The maximum Gasteiger partial charge on any atom is 0.449 e. The van der Waals surface area contributed by atoms with Gasteiger partial charge in [0, 0.05) is 5.75 Å². The summed E-state index contributed by atoms with van der Waals surface area (Å²) in [5.74, 6) is -1.86. The Bertz CT molecular complexity index is 1240. The molecule has 0 aliphatic rings. The fourth-order valence-corrected chi connectivity index (χ4v) is 4.58. The van der Waals surface area contributed by atoms with Crippen LogP contribution in [0.5, 0.6) is 0 Å². The van der Waals surface area contributed by atoms with E-state index >= 15 is 0 Å². The van der Waals surface area contributed by atoms with Gasteiger partial charge in [-0.3, -0.25) is 10.1 Å². The molecule has 0 radical (unpaired) electrons. The molecule has 0 saturated heterocycles. The van der Waals surface area contributed by atoms with Crippen LogP contribution in [-0.2, 0) is 23.3 Å². The summed E-state index contributed by atoms with van der Waals surface area (Å²) in [6, 6.07) is 12.4. The van der Waals surface area contributed by atoms with E-state index < -0.39 is 24.5 Å². The third kappa shape index (κ3) is 4.85. The van der Waals surface area contributed by atoms with Gasteiger partial charge in [0.25, 0.3) is 0 Å². The zero-order valence-corrected chi connectivity index (χ0v) is 17.2. The molecule has 2 aromatic heterocycles. The van der Waals surface area contributed by atoms with E-state index in [4.69, 9.17) is 0 Å². The molecule has 0 saturated carbocycles. The summed E-state index contributed by atoms with van der Waals surface area (Å²) < 4.78 is 55.1. The number of benzene rings is 2. The van der Waals surface area contributed by atoms with E-state index in [1.165, 1.54) is 30.0 Å². The molecular weight excluding hydrogens is 454 g/mol. The summed E-state index contributed by atoms with van der Waals surface area (Å²) in [6.07, 6.45) is -4.71. The number of hydrogen-bond acceptors (Lipinski definition) is 6. The molecule has 0 spiro atoms. The predicted molar refractivity (Wildman–Crippen MR) is 109 cm³/mol. The average molecular weight is 467 g/mol. The van der Waals surface area contributed by atoms with Crippen molar-refractivity contribution in [1.82, 2.24) is 19.7 Å². The molecule has 6 nitrogen and oxygen atoms in total. The van der Waals surface area contributed by atoms with Crippen LogP contribution in [0.15, 0.2) is 52.9 Å². The number of hydrogen-bond donors (Lipinski definition) is 1. The van der Waals surface area contributed by atoms with Gasteiger partial charge in [0.05, 0.1) is 11.0 Å². The number of rotatable bonds is 6. The first kappa shape index (κ1) is 21.2. The zero-order valence-electron chi connectivity index (χ0n) is 15.6. The van der Waals surface area contributed by atoms with Gasteiger partial charge in [-0.25, -0.2) is 9.37 Å². The van der Waals surface area contributed by atoms with Crippen LogP contribution in [0.25, 0.3) is 11.0 Å². The van der Waals surface area contributed by atoms with Gasteiger partial charge < -0.3 is 4.57 Å². The molecule has 0 aliphatic carbocycles. The first-order valence-electron chi connectivity index (χ1n) is 8.83. The number of fused-ring (bicyclic) bond motifs is 1. The Labute approximate surface area is 181 Å². The van der Waals surface area contributed by atoms with E-state index in [1.54, 1.807) is 30.3 Å². The highest BCUT2D eigenvalue weighted by Gasteiger charge is 2.38. The second kappa shape index (κ2) is 8.63. The SMILES string of the molecule is O=C(Cn1c(C(F)(F)F)nc2ccccc21)Nc1nnc(SCc2ccccc2F)s1. The normalized spacial score (nSPS) is 11.7. The van der Waals surface area contributed by atoms with Crippen molar-refractivity contribution in [2.75, 3.05) is 5.32 Å². The number of alkyl halides is 3. The average Bonchev–Trinajstić information content (AvgIpc) is 3.32. The lowest BCUT2D eigenvalue weighted by atomic mass is 10.2. The smallest absolute Gasteiger partial charge is 0.311 e. The van der Waals surface area contributed by atoms with Crippen LogP contribution in [0, 0.1) is 5.82 Å². The number of carbonyl (C=O) groups excluding carboxylic acids is 1. The number of aromatic nitrogens is 4. The van der Waals surface area contributed by atoms with Gasteiger partial charge in [0.1, 0.15) is 12.4 Å². The Morgan fingerprint density at radius 1 is 1.10 bits per heavy atom. The number of thioether (sulfide) groups is 1. The molecule has 2 aromatic carbocycles. The lowest BCUT2D eigenvalue weighted by Crippen LogP contribution is -2.23. The van der Waals surface area contributed by atoms with Crippen LogP contribution in [0.3, 0.4) is 0 Å². The van der Waals surface area contributed by atoms with E-state index in [0.29, 0.717) is 15.7 Å². The highest BCUT2D eigenvalue weighted by Crippen LogP contribution is 2.32. The Kier molecular flexibility index (Phi) is 5.92. The fraction of sp³-hybridized carbons (Fsp3) is 0.158. The third-order valence-corrected chi connectivity index (χ3v) is 6.19. The molecule has 160 valence electrons. The fourth-order valence-electron chi connectivity index (χ4n) is 2.83. The summed E-state index contributed by atoms with van der Waals surface area (Å²) >= 11 is 2.29. The van der Waals surface area contributed by atoms with Crippen molar-refractivity contribution in [2.24, 2.45) is 0 Å². The largest absolute Gasteiger partial charge is 0.449 e. The van der Waals surface area contributed by atoms with Gasteiger partial charge in [-0.05, 0) is 23.8 Å². The number of halogens is 4. The second-order valence-corrected chi connectivity index (χ2v) is 8.51. The number of anilines is 1. The summed E-state index contributed by atoms with van der Waals surface area (Å²) in [4.78, 5) is 16.0. The van der Waals surface area contributed by atoms with Gasteiger partial charge in [0.15, 0.2) is 4.34 Å². The molecule has 1 amide bonds. The predicted octanol–water partition coefficient (Wildman–Crippen LogP) is 4.98. The minimum Gasteiger partial charge on any atom is -0.311 e. The standard InChI is InChI=1S/C19H13F4N5OS2/c20-12-6-2-1-5-11(12)10-30-18-27-26-17(31-18)25-15(29)9-28-14-8-4-3-7-13(14)24-16(28)19(21,22)23/h1-8H,9-10H2,(H,25,26,29). The molecule has 1 N–H and O–H groups in total. The minimum absolute atomic E-state index is 0.138. The van der Waals surface area contributed by atoms with Crippen molar-refractivity contribution in [2.45, 2.75) is 22.8 Å².